The van der Waals surface area contributed by atoms with E-state index in [-0.39, 0.29) is 18.4 Å². The topological polar surface area (TPSA) is 89.5 Å². The maximum absolute atomic E-state index is 12.8. The minimum Gasteiger partial charge on any atom is -0.481 e. The van der Waals surface area contributed by atoms with Crippen LogP contribution >= 0.6 is 0 Å². The first kappa shape index (κ1) is 16.6. The Morgan fingerprint density at radius 3 is 2.68 bits per heavy atom. The van der Waals surface area contributed by atoms with Crippen LogP contribution in [0, 0.1) is 6.92 Å². The third-order valence-corrected chi connectivity index (χ3v) is 4.06. The lowest BCUT2D eigenvalue weighted by Gasteiger charge is -2.13. The van der Waals surface area contributed by atoms with Crippen LogP contribution < -0.4 is 5.56 Å². The number of carbonyl (C=O) groups is 1. The molecule has 2 heterocycles. The van der Waals surface area contributed by atoms with E-state index in [1.165, 1.54) is 4.52 Å². The van der Waals surface area contributed by atoms with Crippen molar-refractivity contribution in [3.8, 4) is 11.4 Å². The average Bonchev–Trinajstić information content (AvgIpc) is 3.04. The van der Waals surface area contributed by atoms with Gasteiger partial charge in [-0.05, 0) is 13.3 Å². The van der Waals surface area contributed by atoms with E-state index in [0.29, 0.717) is 29.4 Å². The highest BCUT2D eigenvalue weighted by Crippen LogP contribution is 2.17. The molecule has 0 spiro atoms. The molecule has 0 bridgehead atoms. The zero-order valence-corrected chi connectivity index (χ0v) is 13.8. The van der Waals surface area contributed by atoms with Crippen molar-refractivity contribution in [1.82, 2.24) is 19.2 Å². The molecule has 0 amide bonds. The smallest absolute Gasteiger partial charge is 0.303 e. The number of allylic oxidation sites excluding steroid dienone is 1. The van der Waals surface area contributed by atoms with E-state index < -0.39 is 5.97 Å². The van der Waals surface area contributed by atoms with Gasteiger partial charge >= 0.3 is 5.97 Å². The van der Waals surface area contributed by atoms with Crippen molar-refractivity contribution in [2.75, 3.05) is 0 Å². The fourth-order valence-electron chi connectivity index (χ4n) is 2.79. The fraction of sp³-hybridized carbons (Fsp3) is 0.222. The number of benzene rings is 1. The first-order valence-electron chi connectivity index (χ1n) is 7.90. The van der Waals surface area contributed by atoms with Gasteiger partial charge in [0.1, 0.15) is 0 Å². The van der Waals surface area contributed by atoms with Crippen LogP contribution in [-0.4, -0.2) is 30.2 Å². The lowest BCUT2D eigenvalue weighted by atomic mass is 10.1. The number of hydrogen-bond acceptors (Lipinski definition) is 4. The quantitative estimate of drug-likeness (QED) is 0.695. The molecule has 7 nitrogen and oxygen atoms in total. The maximum Gasteiger partial charge on any atom is 0.303 e. The van der Waals surface area contributed by atoms with E-state index in [1.54, 1.807) is 13.0 Å². The highest BCUT2D eigenvalue weighted by molar-refractivity contribution is 5.67. The number of rotatable bonds is 6. The summed E-state index contributed by atoms with van der Waals surface area (Å²) in [5.74, 6) is -0.0802. The Bertz CT molecular complexity index is 1000. The summed E-state index contributed by atoms with van der Waals surface area (Å²) in [6, 6.07) is 9.38. The molecule has 128 valence electrons. The van der Waals surface area contributed by atoms with Crippen LogP contribution in [0.4, 0.5) is 0 Å². The van der Waals surface area contributed by atoms with E-state index in [4.69, 9.17) is 5.11 Å². The normalized spacial score (nSPS) is 10.9. The van der Waals surface area contributed by atoms with Crippen molar-refractivity contribution in [3.05, 3.63) is 64.6 Å². The maximum atomic E-state index is 12.8. The molecule has 1 aromatic carbocycles. The Labute approximate surface area is 143 Å². The molecule has 0 unspecified atom stereocenters. The predicted octanol–water partition coefficient (Wildman–Crippen LogP) is 2.07. The van der Waals surface area contributed by atoms with Gasteiger partial charge in [0.15, 0.2) is 5.82 Å². The van der Waals surface area contributed by atoms with Crippen molar-refractivity contribution >= 4 is 11.7 Å². The molecule has 0 saturated carbocycles. The molecule has 0 aliphatic heterocycles. The van der Waals surface area contributed by atoms with Gasteiger partial charge in [0.2, 0.25) is 5.78 Å². The Morgan fingerprint density at radius 2 is 2.04 bits per heavy atom. The van der Waals surface area contributed by atoms with Crippen molar-refractivity contribution in [2.24, 2.45) is 0 Å². The van der Waals surface area contributed by atoms with Crippen LogP contribution in [0.2, 0.25) is 0 Å². The van der Waals surface area contributed by atoms with Crippen LogP contribution in [0.1, 0.15) is 17.7 Å². The molecule has 0 aliphatic rings. The summed E-state index contributed by atoms with van der Waals surface area (Å²) in [5.41, 5.74) is 1.59. The Morgan fingerprint density at radius 1 is 1.32 bits per heavy atom. The van der Waals surface area contributed by atoms with Crippen molar-refractivity contribution in [2.45, 2.75) is 26.3 Å². The summed E-state index contributed by atoms with van der Waals surface area (Å²) < 4.78 is 3.07. The lowest BCUT2D eigenvalue weighted by molar-refractivity contribution is -0.136. The molecular formula is C18H18N4O3. The Kier molecular flexibility index (Phi) is 4.47. The van der Waals surface area contributed by atoms with Crippen LogP contribution in [0.15, 0.2) is 47.8 Å². The van der Waals surface area contributed by atoms with Crippen molar-refractivity contribution < 1.29 is 9.90 Å². The molecule has 3 aromatic rings. The molecule has 0 aliphatic carbocycles. The van der Waals surface area contributed by atoms with E-state index >= 15 is 0 Å². The number of carboxylic acid groups (broad SMARTS) is 1. The third kappa shape index (κ3) is 3.08. The monoisotopic (exact) mass is 338 g/mol. The first-order chi connectivity index (χ1) is 12.0. The summed E-state index contributed by atoms with van der Waals surface area (Å²) in [6.45, 7) is 5.98. The summed E-state index contributed by atoms with van der Waals surface area (Å²) in [4.78, 5) is 28.2. The lowest BCUT2D eigenvalue weighted by Crippen LogP contribution is -2.26. The van der Waals surface area contributed by atoms with Gasteiger partial charge in [0, 0.05) is 29.8 Å². The van der Waals surface area contributed by atoms with Gasteiger partial charge in [0.25, 0.3) is 5.56 Å². The molecule has 0 fully saturated rings. The average molecular weight is 338 g/mol. The highest BCUT2D eigenvalue weighted by atomic mass is 16.4. The van der Waals surface area contributed by atoms with E-state index in [2.05, 4.69) is 16.7 Å². The summed E-state index contributed by atoms with van der Waals surface area (Å²) in [7, 11) is 0. The summed E-state index contributed by atoms with van der Waals surface area (Å²) in [6.07, 6.45) is 1.73. The second kappa shape index (κ2) is 6.72. The van der Waals surface area contributed by atoms with Crippen LogP contribution in [0.3, 0.4) is 0 Å². The van der Waals surface area contributed by atoms with Crippen molar-refractivity contribution in [1.29, 1.82) is 0 Å². The minimum atomic E-state index is -0.947. The van der Waals surface area contributed by atoms with Crippen LogP contribution in [-0.2, 0) is 17.8 Å². The van der Waals surface area contributed by atoms with Gasteiger partial charge in [-0.25, -0.2) is 0 Å². The number of nitrogens with zero attached hydrogens (tertiary/aromatic N) is 4. The van der Waals surface area contributed by atoms with Crippen LogP contribution in [0.25, 0.3) is 17.2 Å². The molecule has 7 heteroatoms. The Balaban J connectivity index is 2.24. The van der Waals surface area contributed by atoms with Gasteiger partial charge in [-0.1, -0.05) is 36.4 Å². The second-order valence-electron chi connectivity index (χ2n) is 5.68. The number of fused-ring (bicyclic) bond motifs is 1. The molecule has 1 N–H and O–H groups in total. The van der Waals surface area contributed by atoms with Gasteiger partial charge in [-0.2, -0.15) is 9.50 Å². The first-order valence-corrected chi connectivity index (χ1v) is 7.90. The van der Waals surface area contributed by atoms with E-state index in [9.17, 15) is 9.59 Å². The molecule has 0 saturated heterocycles. The summed E-state index contributed by atoms with van der Waals surface area (Å²) >= 11 is 0. The number of hydrogen-bond donors (Lipinski definition) is 1. The van der Waals surface area contributed by atoms with Gasteiger partial charge in [-0.15, -0.1) is 11.7 Å². The van der Waals surface area contributed by atoms with Gasteiger partial charge in [-0.3, -0.25) is 9.59 Å². The predicted molar refractivity (Wildman–Crippen MR) is 93.6 cm³/mol. The second-order valence-corrected chi connectivity index (χ2v) is 5.68. The summed E-state index contributed by atoms with van der Waals surface area (Å²) in [5, 5.41) is 13.3. The number of aliphatic carboxylic acids is 1. The van der Waals surface area contributed by atoms with Crippen molar-refractivity contribution in [3.63, 3.8) is 0 Å². The largest absolute Gasteiger partial charge is 0.481 e. The zero-order chi connectivity index (χ0) is 18.0. The molecule has 3 rings (SSSR count). The van der Waals surface area contributed by atoms with Gasteiger partial charge < -0.3 is 9.67 Å². The molecular weight excluding hydrogens is 320 g/mol. The minimum absolute atomic E-state index is 0.115. The number of carboxylic acids is 1. The molecule has 0 radical (unpaired) electrons. The SMILES string of the molecule is C=CCn1c(C)c(CCC(=O)O)c(=O)n2nc(-c3ccccc3)nc12. The standard InChI is InChI=1S/C18H18N4O3/c1-3-11-21-12(2)14(9-10-15(23)24)17(25)22-18(21)19-16(20-22)13-7-5-4-6-8-13/h3-8H,1,9-11H2,2H3,(H,23,24). The molecule has 0 atom stereocenters. The fourth-order valence-corrected chi connectivity index (χ4v) is 2.79. The third-order valence-electron chi connectivity index (χ3n) is 4.06. The molecule has 25 heavy (non-hydrogen) atoms. The van der Waals surface area contributed by atoms with Gasteiger partial charge in [0.05, 0.1) is 0 Å². The van der Waals surface area contributed by atoms with E-state index in [0.717, 1.165) is 5.56 Å². The van der Waals surface area contributed by atoms with Crippen LogP contribution in [0.5, 0.6) is 0 Å². The molecule has 2 aromatic heterocycles. The Hall–Kier alpha value is -3.22. The zero-order valence-electron chi connectivity index (χ0n) is 13.8. The van der Waals surface area contributed by atoms with E-state index in [1.807, 2.05) is 34.9 Å². The number of aromatic nitrogens is 4. The highest BCUT2D eigenvalue weighted by Gasteiger charge is 2.18.